The van der Waals surface area contributed by atoms with Crippen LogP contribution in [0.4, 0.5) is 0 Å². The molecule has 2 aliphatic carbocycles. The SMILES string of the molecule is COC=O.COc1ccc(C2(C#N)CCC(C)CC2)cc1OCC1CC1. The minimum Gasteiger partial charge on any atom is -0.493 e. The lowest BCUT2D eigenvalue weighted by Gasteiger charge is -2.34. The van der Waals surface area contributed by atoms with Gasteiger partial charge in [-0.3, -0.25) is 4.79 Å². The van der Waals surface area contributed by atoms with Crippen LogP contribution in [-0.2, 0) is 14.9 Å². The highest BCUT2D eigenvalue weighted by atomic mass is 16.5. The Balaban J connectivity index is 0.000000552. The molecule has 0 unspecified atom stereocenters. The first-order valence-electron chi connectivity index (χ1n) is 9.27. The number of carbonyl (C=O) groups excluding carboxylic acids is 1. The van der Waals surface area contributed by atoms with Gasteiger partial charge >= 0.3 is 0 Å². The van der Waals surface area contributed by atoms with Gasteiger partial charge in [-0.15, -0.1) is 0 Å². The lowest BCUT2D eigenvalue weighted by molar-refractivity contribution is -0.126. The molecule has 5 heteroatoms. The van der Waals surface area contributed by atoms with E-state index in [4.69, 9.17) is 14.3 Å². The molecule has 0 atom stereocenters. The topological polar surface area (TPSA) is 68.5 Å². The Morgan fingerprint density at radius 3 is 2.35 bits per heavy atom. The Morgan fingerprint density at radius 2 is 1.85 bits per heavy atom. The minimum absolute atomic E-state index is 0.351. The van der Waals surface area contributed by atoms with Crippen molar-refractivity contribution in [2.24, 2.45) is 11.8 Å². The summed E-state index contributed by atoms with van der Waals surface area (Å²) in [6, 6.07) is 8.64. The van der Waals surface area contributed by atoms with E-state index in [9.17, 15) is 5.26 Å². The molecule has 0 spiro atoms. The van der Waals surface area contributed by atoms with Gasteiger partial charge in [-0.25, -0.2) is 0 Å². The van der Waals surface area contributed by atoms with Crippen LogP contribution in [0.2, 0.25) is 0 Å². The molecule has 3 rings (SSSR count). The van der Waals surface area contributed by atoms with E-state index in [0.717, 1.165) is 55.3 Å². The summed E-state index contributed by atoms with van der Waals surface area (Å²) >= 11 is 0. The number of benzene rings is 1. The molecular formula is C21H29NO4. The molecular weight excluding hydrogens is 330 g/mol. The highest BCUT2D eigenvalue weighted by Crippen LogP contribution is 2.43. The van der Waals surface area contributed by atoms with Crippen molar-refractivity contribution in [3.63, 3.8) is 0 Å². The van der Waals surface area contributed by atoms with E-state index in [0.29, 0.717) is 12.4 Å². The van der Waals surface area contributed by atoms with Crippen molar-refractivity contribution in [1.82, 2.24) is 0 Å². The maximum Gasteiger partial charge on any atom is 0.292 e. The zero-order chi connectivity index (χ0) is 19.0. The molecule has 0 heterocycles. The summed E-state index contributed by atoms with van der Waals surface area (Å²) < 4.78 is 15.2. The summed E-state index contributed by atoms with van der Waals surface area (Å²) in [5.74, 6) is 2.99. The average molecular weight is 359 g/mol. The van der Waals surface area contributed by atoms with Gasteiger partial charge in [0.15, 0.2) is 11.5 Å². The van der Waals surface area contributed by atoms with Crippen LogP contribution in [-0.4, -0.2) is 27.3 Å². The lowest BCUT2D eigenvalue weighted by Crippen LogP contribution is -2.29. The van der Waals surface area contributed by atoms with E-state index in [2.05, 4.69) is 17.7 Å². The minimum atomic E-state index is -0.351. The lowest BCUT2D eigenvalue weighted by atomic mass is 9.68. The van der Waals surface area contributed by atoms with Gasteiger partial charge in [0.1, 0.15) is 0 Å². The van der Waals surface area contributed by atoms with Gasteiger partial charge in [0.25, 0.3) is 6.47 Å². The fourth-order valence-corrected chi connectivity index (χ4v) is 3.30. The van der Waals surface area contributed by atoms with Crippen LogP contribution >= 0.6 is 0 Å². The molecule has 0 N–H and O–H groups in total. The standard InChI is InChI=1S/C19H25NO2.C2H4O2/c1-14-7-9-19(13-20,10-8-14)16-5-6-17(21-2)18(11-16)22-12-15-3-4-15;1-4-2-3/h5-6,11,14-15H,3-4,7-10,12H2,1-2H3;2H,1H3. The summed E-state index contributed by atoms with van der Waals surface area (Å²) in [6.07, 6.45) is 6.66. The van der Waals surface area contributed by atoms with Gasteiger partial charge in [0.05, 0.1) is 32.3 Å². The Kier molecular flexibility index (Phi) is 7.32. The first-order chi connectivity index (χ1) is 12.6. The zero-order valence-electron chi connectivity index (χ0n) is 16.0. The number of methoxy groups -OCH3 is 2. The molecule has 1 aromatic carbocycles. The number of rotatable bonds is 6. The first-order valence-corrected chi connectivity index (χ1v) is 9.27. The number of nitrogens with zero attached hydrogens (tertiary/aromatic N) is 1. The summed E-state index contributed by atoms with van der Waals surface area (Å²) in [5, 5.41) is 9.80. The Morgan fingerprint density at radius 1 is 1.19 bits per heavy atom. The van der Waals surface area contributed by atoms with Crippen LogP contribution in [0.5, 0.6) is 11.5 Å². The Hall–Kier alpha value is -2.22. The maximum absolute atomic E-state index is 9.80. The second-order valence-electron chi connectivity index (χ2n) is 7.33. The molecule has 0 amide bonds. The predicted molar refractivity (Wildman–Crippen MR) is 99.2 cm³/mol. The van der Waals surface area contributed by atoms with E-state index in [-0.39, 0.29) is 5.41 Å². The third-order valence-corrected chi connectivity index (χ3v) is 5.33. The molecule has 2 fully saturated rings. The van der Waals surface area contributed by atoms with Crippen molar-refractivity contribution in [2.75, 3.05) is 20.8 Å². The van der Waals surface area contributed by atoms with Gasteiger partial charge in [0, 0.05) is 0 Å². The van der Waals surface area contributed by atoms with Crippen LogP contribution < -0.4 is 9.47 Å². The molecule has 2 aliphatic rings. The third-order valence-electron chi connectivity index (χ3n) is 5.33. The van der Waals surface area contributed by atoms with Gasteiger partial charge in [-0.05, 0) is 68.1 Å². The number of ether oxygens (including phenoxy) is 3. The van der Waals surface area contributed by atoms with Gasteiger partial charge in [-0.2, -0.15) is 5.26 Å². The van der Waals surface area contributed by atoms with Crippen LogP contribution in [0, 0.1) is 23.2 Å². The number of nitriles is 1. The second kappa shape index (κ2) is 9.47. The van der Waals surface area contributed by atoms with E-state index in [1.54, 1.807) is 7.11 Å². The quantitative estimate of drug-likeness (QED) is 0.711. The van der Waals surface area contributed by atoms with Crippen molar-refractivity contribution in [2.45, 2.75) is 50.9 Å². The molecule has 0 bridgehead atoms. The van der Waals surface area contributed by atoms with Gasteiger partial charge in [0.2, 0.25) is 0 Å². The smallest absolute Gasteiger partial charge is 0.292 e. The van der Waals surface area contributed by atoms with Crippen LogP contribution in [0.3, 0.4) is 0 Å². The summed E-state index contributed by atoms with van der Waals surface area (Å²) in [4.78, 5) is 8.95. The Labute approximate surface area is 156 Å². The number of hydrogen-bond acceptors (Lipinski definition) is 5. The zero-order valence-corrected chi connectivity index (χ0v) is 16.0. The normalized spacial score (nSPS) is 24.5. The van der Waals surface area contributed by atoms with Gasteiger partial charge in [-0.1, -0.05) is 13.0 Å². The largest absolute Gasteiger partial charge is 0.493 e. The monoisotopic (exact) mass is 359 g/mol. The number of hydrogen-bond donors (Lipinski definition) is 0. The highest BCUT2D eigenvalue weighted by molar-refractivity contribution is 5.47. The Bertz CT molecular complexity index is 625. The molecule has 0 aromatic heterocycles. The van der Waals surface area contributed by atoms with Crippen molar-refractivity contribution in [3.05, 3.63) is 23.8 Å². The first kappa shape index (κ1) is 20.1. The van der Waals surface area contributed by atoms with Crippen molar-refractivity contribution in [1.29, 1.82) is 5.26 Å². The van der Waals surface area contributed by atoms with Crippen LogP contribution in [0.1, 0.15) is 51.0 Å². The fourth-order valence-electron chi connectivity index (χ4n) is 3.30. The maximum atomic E-state index is 9.80. The molecule has 5 nitrogen and oxygen atoms in total. The summed E-state index contributed by atoms with van der Waals surface area (Å²) in [6.45, 7) is 3.41. The predicted octanol–water partition coefficient (Wildman–Crippen LogP) is 4.24. The van der Waals surface area contributed by atoms with Crippen LogP contribution in [0.15, 0.2) is 18.2 Å². The van der Waals surface area contributed by atoms with E-state index < -0.39 is 0 Å². The van der Waals surface area contributed by atoms with Gasteiger partial charge < -0.3 is 14.2 Å². The number of carbonyl (C=O) groups is 1. The average Bonchev–Trinajstić information content (AvgIpc) is 3.52. The molecule has 26 heavy (non-hydrogen) atoms. The summed E-state index contributed by atoms with van der Waals surface area (Å²) in [7, 11) is 2.98. The van der Waals surface area contributed by atoms with E-state index in [1.165, 1.54) is 20.0 Å². The summed E-state index contributed by atoms with van der Waals surface area (Å²) in [5.41, 5.74) is 0.740. The molecule has 2 saturated carbocycles. The molecule has 142 valence electrons. The molecule has 0 saturated heterocycles. The van der Waals surface area contributed by atoms with Crippen molar-refractivity contribution in [3.8, 4) is 17.6 Å². The van der Waals surface area contributed by atoms with Crippen molar-refractivity contribution >= 4 is 6.47 Å². The van der Waals surface area contributed by atoms with Crippen molar-refractivity contribution < 1.29 is 19.0 Å². The van der Waals surface area contributed by atoms with Crippen LogP contribution in [0.25, 0.3) is 0 Å². The molecule has 0 radical (unpaired) electrons. The molecule has 1 aromatic rings. The third kappa shape index (κ3) is 5.14. The van der Waals surface area contributed by atoms with E-state index >= 15 is 0 Å². The highest BCUT2D eigenvalue weighted by Gasteiger charge is 2.36. The fraction of sp³-hybridized carbons (Fsp3) is 0.619. The van der Waals surface area contributed by atoms with E-state index in [1.807, 2.05) is 18.2 Å². The molecule has 0 aliphatic heterocycles. The second-order valence-corrected chi connectivity index (χ2v) is 7.33.